The van der Waals surface area contributed by atoms with Crippen molar-refractivity contribution in [3.63, 3.8) is 0 Å². The van der Waals surface area contributed by atoms with E-state index >= 15 is 0 Å². The van der Waals surface area contributed by atoms with Crippen molar-refractivity contribution in [3.8, 4) is 0 Å². The zero-order chi connectivity index (χ0) is 48.9. The third-order valence-corrected chi connectivity index (χ3v) is 13.0. The summed E-state index contributed by atoms with van der Waals surface area (Å²) >= 11 is 0. The lowest BCUT2D eigenvalue weighted by molar-refractivity contribution is -0.209. The highest BCUT2D eigenvalue weighted by molar-refractivity contribution is 7.47. The van der Waals surface area contributed by atoms with Crippen LogP contribution in [0, 0.1) is 0 Å². The number of aliphatic hydroxyl groups excluding tert-OH is 2. The van der Waals surface area contributed by atoms with Crippen molar-refractivity contribution in [3.05, 3.63) is 0 Å². The minimum atomic E-state index is -5.78. The van der Waals surface area contributed by atoms with E-state index in [1.54, 1.807) is 0 Å². The summed E-state index contributed by atoms with van der Waals surface area (Å²) in [6.45, 7) is 1.23. The quantitative estimate of drug-likeness (QED) is 0.0196. The first-order valence-corrected chi connectivity index (χ1v) is 28.9. The Kier molecular flexibility index (Phi) is 32.3. The monoisotopic (exact) mass is 1020 g/mol. The van der Waals surface area contributed by atoms with Crippen molar-refractivity contribution in [2.45, 2.75) is 210 Å². The van der Waals surface area contributed by atoms with Crippen molar-refractivity contribution in [1.29, 1.82) is 0 Å². The molecule has 27 heteroatoms. The van der Waals surface area contributed by atoms with Crippen LogP contribution in [0.2, 0.25) is 0 Å². The van der Waals surface area contributed by atoms with E-state index in [-0.39, 0.29) is 12.8 Å². The number of phosphoric acid groups is 4. The van der Waals surface area contributed by atoms with E-state index in [1.165, 1.54) is 44.9 Å². The number of nitrogens with two attached hydrogens (primary N) is 1. The molecule has 0 spiro atoms. The van der Waals surface area contributed by atoms with Crippen molar-refractivity contribution in [2.75, 3.05) is 19.8 Å². The first-order chi connectivity index (χ1) is 30.5. The zero-order valence-corrected chi connectivity index (χ0v) is 41.1. The van der Waals surface area contributed by atoms with Gasteiger partial charge < -0.3 is 59.7 Å². The molecule has 0 aliphatic heterocycles. The number of aliphatic hydroxyl groups is 2. The number of esters is 2. The Morgan fingerprint density at radius 2 is 0.831 bits per heavy atom. The molecule has 0 saturated heterocycles. The summed E-state index contributed by atoms with van der Waals surface area (Å²) in [5.74, 6) is -1.41. The van der Waals surface area contributed by atoms with Gasteiger partial charge in [-0.1, -0.05) is 135 Å². The van der Waals surface area contributed by atoms with Crippen LogP contribution in [0.5, 0.6) is 0 Å². The maximum Gasteiger partial charge on any atom is 0.472 e. The van der Waals surface area contributed by atoms with Crippen LogP contribution in [0.3, 0.4) is 0 Å². The Balaban J connectivity index is 2.94. The average molecular weight is 1020 g/mol. The highest BCUT2D eigenvalue weighted by atomic mass is 31.2. The van der Waals surface area contributed by atoms with Crippen molar-refractivity contribution in [2.24, 2.45) is 5.73 Å². The summed E-state index contributed by atoms with van der Waals surface area (Å²) in [5.41, 5.74) is 5.52. The predicted molar refractivity (Wildman–Crippen MR) is 234 cm³/mol. The van der Waals surface area contributed by atoms with Crippen LogP contribution in [-0.2, 0) is 59.9 Å². The summed E-state index contributed by atoms with van der Waals surface area (Å²) in [4.78, 5) is 92.5. The van der Waals surface area contributed by atoms with Gasteiger partial charge in [-0.3, -0.25) is 32.2 Å². The molecule has 65 heavy (non-hydrogen) atoms. The molecule has 1 fully saturated rings. The van der Waals surface area contributed by atoms with E-state index in [4.69, 9.17) is 24.3 Å². The molecule has 0 aromatic rings. The molecule has 8 atom stereocenters. The van der Waals surface area contributed by atoms with Gasteiger partial charge in [-0.15, -0.1) is 0 Å². The molecule has 0 amide bonds. The largest absolute Gasteiger partial charge is 0.472 e. The molecule has 0 aromatic carbocycles. The van der Waals surface area contributed by atoms with Gasteiger partial charge in [0.25, 0.3) is 0 Å². The Labute approximate surface area is 382 Å². The highest BCUT2D eigenvalue weighted by Crippen LogP contribution is 2.53. The second-order valence-corrected chi connectivity index (χ2v) is 21.3. The van der Waals surface area contributed by atoms with Crippen LogP contribution in [0.4, 0.5) is 0 Å². The normalized spacial score (nSPS) is 22.1. The summed E-state index contributed by atoms with van der Waals surface area (Å²) in [5, 5.41) is 21.8. The Hall–Kier alpha value is -0.740. The second-order valence-electron chi connectivity index (χ2n) is 16.4. The summed E-state index contributed by atoms with van der Waals surface area (Å²) in [7, 11) is -23.0. The average Bonchev–Trinajstić information content (AvgIpc) is 3.20. The van der Waals surface area contributed by atoms with Crippen LogP contribution in [0.1, 0.15) is 167 Å². The summed E-state index contributed by atoms with van der Waals surface area (Å²) < 4.78 is 81.9. The zero-order valence-electron chi connectivity index (χ0n) is 37.5. The fraction of sp³-hybridized carbons (Fsp3) is 0.947. The fourth-order valence-electron chi connectivity index (χ4n) is 7.21. The molecular formula is C38H77NO22P4. The molecule has 0 bridgehead atoms. The van der Waals surface area contributed by atoms with E-state index < -0.39 is 99.2 Å². The summed E-state index contributed by atoms with van der Waals surface area (Å²) in [6.07, 6.45) is 5.80. The number of carbonyl (C=O) groups is 2. The number of ether oxygens (including phenoxy) is 2. The second kappa shape index (κ2) is 33.7. The first-order valence-electron chi connectivity index (χ1n) is 22.8. The third-order valence-electron chi connectivity index (χ3n) is 10.5. The minimum Gasteiger partial charge on any atom is -0.462 e. The number of unbranched alkanes of at least 4 members (excludes halogenated alkanes) is 21. The SMILES string of the molecule is CCCCCCCCCCCCCCCC(=O)O[C@H](COC(=O)CCCCCCCCCCCCN)COP(=O)(O)OC1C(O)[C@H](OP(=O)(O)O)C(OP(=O)(O)O)[C@H](OP(=O)(O)O)[C@@H]1O. The lowest BCUT2D eigenvalue weighted by Crippen LogP contribution is -2.65. The van der Waals surface area contributed by atoms with Crippen LogP contribution in [0.15, 0.2) is 0 Å². The van der Waals surface area contributed by atoms with Crippen LogP contribution in [-0.4, -0.2) is 119 Å². The molecule has 23 nitrogen and oxygen atoms in total. The van der Waals surface area contributed by atoms with Crippen LogP contribution < -0.4 is 5.73 Å². The fourth-order valence-corrected chi connectivity index (χ4v) is 9.87. The van der Waals surface area contributed by atoms with Gasteiger partial charge in [-0.05, 0) is 25.8 Å². The van der Waals surface area contributed by atoms with E-state index in [2.05, 4.69) is 20.5 Å². The highest BCUT2D eigenvalue weighted by Gasteiger charge is 2.59. The van der Waals surface area contributed by atoms with Gasteiger partial charge in [-0.2, -0.15) is 0 Å². The van der Waals surface area contributed by atoms with Gasteiger partial charge in [0.15, 0.2) is 6.10 Å². The van der Waals surface area contributed by atoms with Crippen molar-refractivity contribution in [1.82, 2.24) is 0 Å². The third kappa shape index (κ3) is 31.9. The van der Waals surface area contributed by atoms with Gasteiger partial charge >= 0.3 is 43.2 Å². The first kappa shape index (κ1) is 62.3. The standard InChI is InChI=1S/C38H77NO22P4/c1-2-3-4-5-6-7-8-9-10-14-17-20-23-26-32(41)57-30(28-55-31(40)25-22-19-16-13-11-12-15-18-21-24-27-39)29-56-65(53,54)61-35-33(42)36(58-62(44,45)46)38(60-64(50,51)52)37(34(35)43)59-63(47,48)49/h30,33-38,42-43H,2-29,39H2,1H3,(H,53,54)(H2,44,45,46)(H2,47,48,49)(H2,50,51,52)/t30-,33-,34?,35?,36-,37+,38?/m1/s1. The molecule has 1 rings (SSSR count). The van der Waals surface area contributed by atoms with Gasteiger partial charge in [0, 0.05) is 12.8 Å². The number of carbonyl (C=O) groups excluding carboxylic acids is 2. The van der Waals surface area contributed by atoms with E-state index in [0.717, 1.165) is 89.9 Å². The Bertz CT molecular complexity index is 1460. The Morgan fingerprint density at radius 1 is 0.477 bits per heavy atom. The molecule has 4 unspecified atom stereocenters. The van der Waals surface area contributed by atoms with Gasteiger partial charge in [0.05, 0.1) is 6.61 Å². The maximum atomic E-state index is 13.2. The van der Waals surface area contributed by atoms with E-state index in [0.29, 0.717) is 19.4 Å². The van der Waals surface area contributed by atoms with E-state index in [9.17, 15) is 72.3 Å². The topological polar surface area (TPSA) is 375 Å². The molecule has 1 saturated carbocycles. The Morgan fingerprint density at radius 3 is 1.22 bits per heavy atom. The van der Waals surface area contributed by atoms with Crippen LogP contribution >= 0.6 is 31.3 Å². The van der Waals surface area contributed by atoms with Crippen LogP contribution in [0.25, 0.3) is 0 Å². The smallest absolute Gasteiger partial charge is 0.462 e. The summed E-state index contributed by atoms with van der Waals surface area (Å²) in [6, 6.07) is 0. The predicted octanol–water partition coefficient (Wildman–Crippen LogP) is 5.84. The van der Waals surface area contributed by atoms with Crippen molar-refractivity contribution >= 4 is 43.2 Å². The maximum absolute atomic E-state index is 13.2. The minimum absolute atomic E-state index is 0.0288. The lowest BCUT2D eigenvalue weighted by atomic mass is 9.85. The molecular weight excluding hydrogens is 946 g/mol. The van der Waals surface area contributed by atoms with Gasteiger partial charge in [0.2, 0.25) is 0 Å². The van der Waals surface area contributed by atoms with E-state index in [1.807, 2.05) is 0 Å². The molecule has 0 radical (unpaired) electrons. The van der Waals surface area contributed by atoms with Gasteiger partial charge in [-0.25, -0.2) is 18.3 Å². The molecule has 11 N–H and O–H groups in total. The van der Waals surface area contributed by atoms with Gasteiger partial charge in [0.1, 0.15) is 43.2 Å². The number of rotatable bonds is 40. The molecule has 1 aliphatic rings. The molecule has 0 aromatic heterocycles. The number of hydrogen-bond donors (Lipinski definition) is 10. The number of hydrogen-bond acceptors (Lipinski definition) is 16. The number of phosphoric ester groups is 4. The molecule has 0 heterocycles. The lowest BCUT2D eigenvalue weighted by Gasteiger charge is -2.45. The van der Waals surface area contributed by atoms with Crippen molar-refractivity contribution < 1.29 is 104 Å². The molecule has 1 aliphatic carbocycles. The molecule has 386 valence electrons.